The van der Waals surface area contributed by atoms with Crippen molar-refractivity contribution >= 4 is 11.5 Å². The summed E-state index contributed by atoms with van der Waals surface area (Å²) in [7, 11) is 0. The molecule has 126 valence electrons. The molecule has 0 amide bonds. The molecule has 2 heteroatoms. The minimum Gasteiger partial charge on any atom is -0.359 e. The standard InChI is InChI=1S/C22H27NO/c1-15(2)19-12-9-13-20(16(3)4)22(19)23-17(5)14-21(24)18-10-7-6-8-11-18/h6-16,23H,1-5H3/b17-14+. The van der Waals surface area contributed by atoms with Gasteiger partial charge in [-0.3, -0.25) is 4.79 Å². The molecule has 0 radical (unpaired) electrons. The number of carbonyl (C=O) groups excluding carboxylic acids is 1. The van der Waals surface area contributed by atoms with Gasteiger partial charge in [0.2, 0.25) is 0 Å². The van der Waals surface area contributed by atoms with E-state index in [9.17, 15) is 4.79 Å². The quantitative estimate of drug-likeness (QED) is 0.512. The number of nitrogens with one attached hydrogen (secondary N) is 1. The van der Waals surface area contributed by atoms with Crippen molar-refractivity contribution in [1.82, 2.24) is 0 Å². The zero-order valence-electron chi connectivity index (χ0n) is 15.3. The van der Waals surface area contributed by atoms with Gasteiger partial charge in [0.05, 0.1) is 0 Å². The largest absolute Gasteiger partial charge is 0.359 e. The molecule has 24 heavy (non-hydrogen) atoms. The van der Waals surface area contributed by atoms with Crippen LogP contribution in [0.5, 0.6) is 0 Å². The Hall–Kier alpha value is -2.35. The highest BCUT2D eigenvalue weighted by atomic mass is 16.1. The van der Waals surface area contributed by atoms with Gasteiger partial charge in [-0.1, -0.05) is 76.2 Å². The van der Waals surface area contributed by atoms with E-state index in [4.69, 9.17) is 0 Å². The maximum Gasteiger partial charge on any atom is 0.187 e. The van der Waals surface area contributed by atoms with Gasteiger partial charge < -0.3 is 5.32 Å². The van der Waals surface area contributed by atoms with Gasteiger partial charge in [0, 0.05) is 23.0 Å². The monoisotopic (exact) mass is 321 g/mol. The Morgan fingerprint density at radius 3 is 1.92 bits per heavy atom. The van der Waals surface area contributed by atoms with Gasteiger partial charge >= 0.3 is 0 Å². The molecule has 2 aromatic rings. The molecule has 0 saturated carbocycles. The molecule has 0 aliphatic rings. The van der Waals surface area contributed by atoms with Crippen LogP contribution in [-0.4, -0.2) is 5.78 Å². The molecule has 0 aliphatic carbocycles. The molecular formula is C22H27NO. The van der Waals surface area contributed by atoms with E-state index in [1.54, 1.807) is 6.08 Å². The van der Waals surface area contributed by atoms with Crippen LogP contribution in [0.25, 0.3) is 0 Å². The highest BCUT2D eigenvalue weighted by Gasteiger charge is 2.14. The number of rotatable bonds is 6. The molecule has 0 atom stereocenters. The van der Waals surface area contributed by atoms with Crippen LogP contribution < -0.4 is 5.32 Å². The van der Waals surface area contributed by atoms with Gasteiger partial charge in [0.1, 0.15) is 0 Å². The van der Waals surface area contributed by atoms with Crippen LogP contribution in [0.15, 0.2) is 60.3 Å². The summed E-state index contributed by atoms with van der Waals surface area (Å²) in [6.07, 6.45) is 1.68. The van der Waals surface area contributed by atoms with Crippen LogP contribution in [0, 0.1) is 0 Å². The van der Waals surface area contributed by atoms with Gasteiger partial charge in [0.15, 0.2) is 5.78 Å². The zero-order chi connectivity index (χ0) is 17.7. The first-order chi connectivity index (χ1) is 11.4. The van der Waals surface area contributed by atoms with Crippen molar-refractivity contribution in [3.8, 4) is 0 Å². The van der Waals surface area contributed by atoms with Gasteiger partial charge in [-0.2, -0.15) is 0 Å². The number of hydrogen-bond donors (Lipinski definition) is 1. The Bertz CT molecular complexity index is 701. The predicted octanol–water partition coefficient (Wildman–Crippen LogP) is 6.13. The maximum atomic E-state index is 12.4. The lowest BCUT2D eigenvalue weighted by molar-refractivity contribution is 0.104. The average Bonchev–Trinajstić information content (AvgIpc) is 2.55. The third-order valence-electron chi connectivity index (χ3n) is 4.10. The minimum absolute atomic E-state index is 0.0220. The van der Waals surface area contributed by atoms with Gasteiger partial charge in [0.25, 0.3) is 0 Å². The molecule has 0 fully saturated rings. The van der Waals surface area contributed by atoms with E-state index in [0.29, 0.717) is 17.4 Å². The minimum atomic E-state index is 0.0220. The van der Waals surface area contributed by atoms with Crippen molar-refractivity contribution in [1.29, 1.82) is 0 Å². The molecule has 2 nitrogen and oxygen atoms in total. The lowest BCUT2D eigenvalue weighted by Gasteiger charge is -2.21. The van der Waals surface area contributed by atoms with E-state index in [2.05, 4.69) is 51.2 Å². The summed E-state index contributed by atoms with van der Waals surface area (Å²) in [6.45, 7) is 10.7. The third-order valence-corrected chi connectivity index (χ3v) is 4.10. The van der Waals surface area contributed by atoms with Crippen molar-refractivity contribution in [3.05, 3.63) is 77.0 Å². The molecular weight excluding hydrogens is 294 g/mol. The number of carbonyl (C=O) groups is 1. The lowest BCUT2D eigenvalue weighted by atomic mass is 9.92. The molecule has 0 heterocycles. The smallest absolute Gasteiger partial charge is 0.187 e. The van der Waals surface area contributed by atoms with E-state index in [0.717, 1.165) is 11.4 Å². The van der Waals surface area contributed by atoms with Crippen molar-refractivity contribution in [2.75, 3.05) is 5.32 Å². The molecule has 2 aromatic carbocycles. The molecule has 0 bridgehead atoms. The number of anilines is 1. The maximum absolute atomic E-state index is 12.4. The zero-order valence-corrected chi connectivity index (χ0v) is 15.3. The lowest BCUT2D eigenvalue weighted by Crippen LogP contribution is -2.07. The SMILES string of the molecule is C/C(=C\C(=O)c1ccccc1)Nc1c(C(C)C)cccc1C(C)C. The Balaban J connectivity index is 2.33. The van der Waals surface area contributed by atoms with E-state index in [-0.39, 0.29) is 5.78 Å². The normalized spacial score (nSPS) is 11.9. The fourth-order valence-corrected chi connectivity index (χ4v) is 2.81. The second-order valence-corrected chi connectivity index (χ2v) is 6.80. The van der Waals surface area contributed by atoms with Crippen LogP contribution >= 0.6 is 0 Å². The highest BCUT2D eigenvalue weighted by molar-refractivity contribution is 6.05. The summed E-state index contributed by atoms with van der Waals surface area (Å²) in [4.78, 5) is 12.4. The number of hydrogen-bond acceptors (Lipinski definition) is 2. The van der Waals surface area contributed by atoms with Gasteiger partial charge in [-0.25, -0.2) is 0 Å². The first-order valence-corrected chi connectivity index (χ1v) is 8.57. The number of ketones is 1. The summed E-state index contributed by atoms with van der Waals surface area (Å²) < 4.78 is 0. The summed E-state index contributed by atoms with van der Waals surface area (Å²) in [6, 6.07) is 15.8. The molecule has 0 saturated heterocycles. The Labute approximate surface area is 145 Å². The highest BCUT2D eigenvalue weighted by Crippen LogP contribution is 2.33. The number of benzene rings is 2. The molecule has 1 N–H and O–H groups in total. The fraction of sp³-hybridized carbons (Fsp3) is 0.318. The van der Waals surface area contributed by atoms with E-state index in [1.165, 1.54) is 11.1 Å². The van der Waals surface area contributed by atoms with E-state index >= 15 is 0 Å². The van der Waals surface area contributed by atoms with Crippen LogP contribution in [0.2, 0.25) is 0 Å². The molecule has 2 rings (SSSR count). The van der Waals surface area contributed by atoms with Gasteiger partial charge in [-0.05, 0) is 29.9 Å². The van der Waals surface area contributed by atoms with Crippen LogP contribution in [0.3, 0.4) is 0 Å². The molecule has 0 unspecified atom stereocenters. The van der Waals surface area contributed by atoms with Crippen LogP contribution in [0.1, 0.15) is 67.9 Å². The summed E-state index contributed by atoms with van der Waals surface area (Å²) in [5.74, 6) is 0.862. The molecule has 0 spiro atoms. The summed E-state index contributed by atoms with van der Waals surface area (Å²) >= 11 is 0. The van der Waals surface area contributed by atoms with E-state index in [1.807, 2.05) is 37.3 Å². The Morgan fingerprint density at radius 2 is 1.42 bits per heavy atom. The third kappa shape index (κ3) is 4.35. The predicted molar refractivity (Wildman–Crippen MR) is 103 cm³/mol. The molecule has 0 aromatic heterocycles. The Kier molecular flexibility index (Phi) is 5.97. The average molecular weight is 321 g/mol. The van der Waals surface area contributed by atoms with Gasteiger partial charge in [-0.15, -0.1) is 0 Å². The topological polar surface area (TPSA) is 29.1 Å². The number of para-hydroxylation sites is 1. The summed E-state index contributed by atoms with van der Waals surface area (Å²) in [5, 5.41) is 3.48. The van der Waals surface area contributed by atoms with E-state index < -0.39 is 0 Å². The van der Waals surface area contributed by atoms with Crippen molar-refractivity contribution < 1.29 is 4.79 Å². The van der Waals surface area contributed by atoms with Crippen molar-refractivity contribution in [3.63, 3.8) is 0 Å². The van der Waals surface area contributed by atoms with Crippen LogP contribution in [-0.2, 0) is 0 Å². The first kappa shape index (κ1) is 18.0. The van der Waals surface area contributed by atoms with Crippen molar-refractivity contribution in [2.45, 2.75) is 46.5 Å². The summed E-state index contributed by atoms with van der Waals surface area (Å²) in [5.41, 5.74) is 5.26. The second-order valence-electron chi connectivity index (χ2n) is 6.80. The number of allylic oxidation sites excluding steroid dienone is 2. The fourth-order valence-electron chi connectivity index (χ4n) is 2.81. The van der Waals surface area contributed by atoms with Crippen molar-refractivity contribution in [2.24, 2.45) is 0 Å². The Morgan fingerprint density at radius 1 is 0.875 bits per heavy atom. The van der Waals surface area contributed by atoms with Crippen LogP contribution in [0.4, 0.5) is 5.69 Å². The second kappa shape index (κ2) is 7.96. The molecule has 0 aliphatic heterocycles. The first-order valence-electron chi connectivity index (χ1n) is 8.57.